The Hall–Kier alpha value is -6.65. The maximum absolute atomic E-state index is 6.39. The topological polar surface area (TPSA) is 51.8 Å². The fraction of sp³-hybridized carbons (Fsp3) is 0. The van der Waals surface area contributed by atoms with Crippen LogP contribution < -0.4 is 0 Å². The molecule has 0 atom stereocenters. The zero-order valence-corrected chi connectivity index (χ0v) is 26.3. The van der Waals surface area contributed by atoms with E-state index in [-0.39, 0.29) is 0 Å². The minimum Gasteiger partial charge on any atom is -0.456 e. The van der Waals surface area contributed by atoms with Crippen molar-refractivity contribution >= 4 is 54.3 Å². The molecule has 0 radical (unpaired) electrons. The Morgan fingerprint density at radius 1 is 0.286 bits per heavy atom. The van der Waals surface area contributed by atoms with Gasteiger partial charge in [-0.3, -0.25) is 0 Å². The first-order chi connectivity index (χ1) is 24.2. The molecule has 0 aliphatic rings. The molecule has 0 aliphatic heterocycles. The summed E-state index contributed by atoms with van der Waals surface area (Å²) in [5.74, 6) is 1.89. The maximum Gasteiger partial charge on any atom is 0.164 e. The van der Waals surface area contributed by atoms with E-state index in [4.69, 9.17) is 19.4 Å². The number of hydrogen-bond acceptors (Lipinski definition) is 4. The van der Waals surface area contributed by atoms with Gasteiger partial charge in [0.05, 0.1) is 0 Å². The standard InChI is InChI=1S/C45H27N3O/c1-2-10-30(11-3-1)43-46-44(36-19-15-29-9-5-7-13-32(29)23-36)48-45(47-43)37-20-21-41-39(25-37)40-26-38-24-34(17-18-35(38)27-42(40)49-41)33-16-14-28-8-4-6-12-31(28)22-33/h1-27H. The molecule has 10 rings (SSSR count). The molecule has 0 bridgehead atoms. The average molecular weight is 626 g/mol. The van der Waals surface area contributed by atoms with Crippen LogP contribution in [-0.4, -0.2) is 15.0 Å². The quantitative estimate of drug-likeness (QED) is 0.195. The summed E-state index contributed by atoms with van der Waals surface area (Å²) in [7, 11) is 0. The van der Waals surface area contributed by atoms with Crippen molar-refractivity contribution in [3.8, 4) is 45.3 Å². The van der Waals surface area contributed by atoms with Gasteiger partial charge in [0, 0.05) is 27.5 Å². The number of fused-ring (bicyclic) bond motifs is 6. The lowest BCUT2D eigenvalue weighted by Crippen LogP contribution is -2.00. The number of nitrogens with zero attached hydrogens (tertiary/aromatic N) is 3. The summed E-state index contributed by atoms with van der Waals surface area (Å²) in [5.41, 5.74) is 6.87. The molecule has 0 amide bonds. The highest BCUT2D eigenvalue weighted by molar-refractivity contribution is 6.11. The number of furan rings is 1. The third-order valence-corrected chi connectivity index (χ3v) is 9.44. The largest absolute Gasteiger partial charge is 0.456 e. The summed E-state index contributed by atoms with van der Waals surface area (Å²) in [5, 5.41) is 9.20. The third-order valence-electron chi connectivity index (χ3n) is 9.44. The summed E-state index contributed by atoms with van der Waals surface area (Å²) >= 11 is 0. The predicted octanol–water partition coefficient (Wildman–Crippen LogP) is 11.9. The van der Waals surface area contributed by atoms with Crippen molar-refractivity contribution in [3.63, 3.8) is 0 Å². The Bertz CT molecular complexity index is 2890. The number of rotatable bonds is 4. The van der Waals surface area contributed by atoms with Crippen LogP contribution in [0.5, 0.6) is 0 Å². The molecule has 228 valence electrons. The maximum atomic E-state index is 6.39. The first-order valence-electron chi connectivity index (χ1n) is 16.4. The zero-order chi connectivity index (χ0) is 32.3. The van der Waals surface area contributed by atoms with E-state index in [1.807, 2.05) is 42.5 Å². The van der Waals surface area contributed by atoms with Crippen molar-refractivity contribution in [2.75, 3.05) is 0 Å². The first-order valence-corrected chi connectivity index (χ1v) is 16.4. The van der Waals surface area contributed by atoms with Gasteiger partial charge in [0.2, 0.25) is 0 Å². The van der Waals surface area contributed by atoms with Gasteiger partial charge in [-0.25, -0.2) is 15.0 Å². The molecule has 49 heavy (non-hydrogen) atoms. The van der Waals surface area contributed by atoms with Gasteiger partial charge in [0.15, 0.2) is 17.5 Å². The minimum absolute atomic E-state index is 0.618. The summed E-state index contributed by atoms with van der Waals surface area (Å²) in [6.45, 7) is 0. The van der Waals surface area contributed by atoms with Crippen molar-refractivity contribution in [2.24, 2.45) is 0 Å². The Balaban J connectivity index is 1.12. The lowest BCUT2D eigenvalue weighted by atomic mass is 9.97. The van der Waals surface area contributed by atoms with E-state index in [1.54, 1.807) is 0 Å². The van der Waals surface area contributed by atoms with Crippen LogP contribution in [0.3, 0.4) is 0 Å². The molecule has 0 N–H and O–H groups in total. The van der Waals surface area contributed by atoms with Crippen LogP contribution in [0.2, 0.25) is 0 Å². The molecule has 4 nitrogen and oxygen atoms in total. The molecule has 4 heteroatoms. The van der Waals surface area contributed by atoms with Gasteiger partial charge in [-0.05, 0) is 92.0 Å². The van der Waals surface area contributed by atoms with Crippen LogP contribution in [-0.2, 0) is 0 Å². The molecule has 2 aromatic heterocycles. The molecule has 10 aromatic rings. The number of aromatic nitrogens is 3. The Labute approximate surface area is 282 Å². The molecular weight excluding hydrogens is 599 g/mol. The molecular formula is C45H27N3O. The Morgan fingerprint density at radius 2 is 0.755 bits per heavy atom. The summed E-state index contributed by atoms with van der Waals surface area (Å²) in [4.78, 5) is 15.0. The van der Waals surface area contributed by atoms with E-state index in [2.05, 4.69) is 121 Å². The van der Waals surface area contributed by atoms with E-state index < -0.39 is 0 Å². The highest BCUT2D eigenvalue weighted by Crippen LogP contribution is 2.37. The van der Waals surface area contributed by atoms with Crippen LogP contribution in [0.4, 0.5) is 0 Å². The van der Waals surface area contributed by atoms with Crippen LogP contribution in [0.1, 0.15) is 0 Å². The summed E-state index contributed by atoms with van der Waals surface area (Å²) < 4.78 is 6.39. The van der Waals surface area contributed by atoms with Crippen LogP contribution >= 0.6 is 0 Å². The van der Waals surface area contributed by atoms with Gasteiger partial charge >= 0.3 is 0 Å². The number of hydrogen-bond donors (Lipinski definition) is 0. The Kier molecular flexibility index (Phi) is 6.15. The van der Waals surface area contributed by atoms with Gasteiger partial charge in [-0.2, -0.15) is 0 Å². The smallest absolute Gasteiger partial charge is 0.164 e. The predicted molar refractivity (Wildman–Crippen MR) is 201 cm³/mol. The number of benzene rings is 8. The minimum atomic E-state index is 0.618. The fourth-order valence-corrected chi connectivity index (χ4v) is 6.89. The highest BCUT2D eigenvalue weighted by atomic mass is 16.3. The normalized spacial score (nSPS) is 11.7. The molecule has 0 aliphatic carbocycles. The highest BCUT2D eigenvalue weighted by Gasteiger charge is 2.16. The van der Waals surface area contributed by atoms with Crippen LogP contribution in [0.25, 0.3) is 99.5 Å². The Morgan fingerprint density at radius 3 is 1.45 bits per heavy atom. The molecule has 2 heterocycles. The van der Waals surface area contributed by atoms with Gasteiger partial charge in [0.1, 0.15) is 11.2 Å². The lowest BCUT2D eigenvalue weighted by molar-refractivity contribution is 0.669. The summed E-state index contributed by atoms with van der Waals surface area (Å²) in [6, 6.07) is 57.2. The second-order valence-corrected chi connectivity index (χ2v) is 12.5. The molecule has 0 saturated heterocycles. The van der Waals surface area contributed by atoms with E-state index in [0.717, 1.165) is 54.8 Å². The first kappa shape index (κ1) is 27.5. The zero-order valence-electron chi connectivity index (χ0n) is 26.3. The second kappa shape index (κ2) is 11.0. The third kappa shape index (κ3) is 4.81. The van der Waals surface area contributed by atoms with Crippen molar-refractivity contribution in [1.29, 1.82) is 0 Å². The molecule has 0 spiro atoms. The SMILES string of the molecule is c1ccc(-c2nc(-c3ccc4ccccc4c3)nc(-c3ccc4oc5cc6ccc(-c7ccc8ccccc8c7)cc6cc5c4c3)n2)cc1. The van der Waals surface area contributed by atoms with Crippen molar-refractivity contribution in [1.82, 2.24) is 15.0 Å². The van der Waals surface area contributed by atoms with Gasteiger partial charge in [-0.1, -0.05) is 115 Å². The van der Waals surface area contributed by atoms with Gasteiger partial charge in [0.25, 0.3) is 0 Å². The molecule has 0 unspecified atom stereocenters. The van der Waals surface area contributed by atoms with Crippen molar-refractivity contribution in [3.05, 3.63) is 164 Å². The van der Waals surface area contributed by atoms with Crippen molar-refractivity contribution < 1.29 is 4.42 Å². The molecule has 0 saturated carbocycles. The van der Waals surface area contributed by atoms with Gasteiger partial charge in [-0.15, -0.1) is 0 Å². The van der Waals surface area contributed by atoms with Gasteiger partial charge < -0.3 is 4.42 Å². The van der Waals surface area contributed by atoms with E-state index in [1.165, 1.54) is 27.3 Å². The molecule has 0 fully saturated rings. The molecule has 8 aromatic carbocycles. The van der Waals surface area contributed by atoms with E-state index in [0.29, 0.717) is 17.5 Å². The fourth-order valence-electron chi connectivity index (χ4n) is 6.89. The van der Waals surface area contributed by atoms with Crippen LogP contribution in [0, 0.1) is 0 Å². The lowest BCUT2D eigenvalue weighted by Gasteiger charge is -2.09. The monoisotopic (exact) mass is 625 g/mol. The van der Waals surface area contributed by atoms with E-state index >= 15 is 0 Å². The average Bonchev–Trinajstić information content (AvgIpc) is 3.53. The van der Waals surface area contributed by atoms with Crippen molar-refractivity contribution in [2.45, 2.75) is 0 Å². The summed E-state index contributed by atoms with van der Waals surface area (Å²) in [6.07, 6.45) is 0. The van der Waals surface area contributed by atoms with E-state index in [9.17, 15) is 0 Å². The second-order valence-electron chi connectivity index (χ2n) is 12.5. The van der Waals surface area contributed by atoms with Crippen LogP contribution in [0.15, 0.2) is 168 Å².